The molecule has 2 rings (SSSR count). The lowest BCUT2D eigenvalue weighted by atomic mass is 10.1. The molecule has 0 saturated carbocycles. The molecule has 26 heavy (non-hydrogen) atoms. The maximum absolute atomic E-state index is 12.2. The van der Waals surface area contributed by atoms with Gasteiger partial charge in [-0.15, -0.1) is 23.1 Å². The molecule has 0 spiro atoms. The number of rotatable bonds is 8. The van der Waals surface area contributed by atoms with Crippen LogP contribution in [-0.4, -0.2) is 30.5 Å². The fourth-order valence-electron chi connectivity index (χ4n) is 2.41. The third-order valence-electron chi connectivity index (χ3n) is 3.64. The Balaban J connectivity index is 1.77. The smallest absolute Gasteiger partial charge is 0.306 e. The van der Waals surface area contributed by atoms with Crippen molar-refractivity contribution in [2.45, 2.75) is 31.6 Å². The van der Waals surface area contributed by atoms with Crippen molar-refractivity contribution < 1.29 is 19.1 Å². The minimum absolute atomic E-state index is 0.0398. The van der Waals surface area contributed by atoms with E-state index < -0.39 is 11.9 Å². The second kappa shape index (κ2) is 9.54. The number of benzene rings is 1. The number of aryl methyl sites for hydroxylation is 2. The summed E-state index contributed by atoms with van der Waals surface area (Å²) in [7, 11) is 0. The van der Waals surface area contributed by atoms with Gasteiger partial charge >= 0.3 is 5.97 Å². The molecule has 0 aliphatic heterocycles. The number of nitrogens with one attached hydrogen (secondary N) is 1. The predicted octanol–water partition coefficient (Wildman–Crippen LogP) is 4.23. The van der Waals surface area contributed by atoms with E-state index in [1.54, 1.807) is 17.4 Å². The molecule has 1 aromatic carbocycles. The van der Waals surface area contributed by atoms with Gasteiger partial charge in [-0.1, -0.05) is 12.1 Å². The van der Waals surface area contributed by atoms with Crippen LogP contribution >= 0.6 is 23.1 Å². The van der Waals surface area contributed by atoms with Crippen LogP contribution in [0, 0.1) is 13.8 Å². The van der Waals surface area contributed by atoms with Crippen molar-refractivity contribution >= 4 is 46.4 Å². The van der Waals surface area contributed by atoms with Crippen LogP contribution in [0.5, 0.6) is 0 Å². The summed E-state index contributed by atoms with van der Waals surface area (Å²) in [5.74, 6) is -1.05. The van der Waals surface area contributed by atoms with Crippen molar-refractivity contribution in [2.24, 2.45) is 0 Å². The molecule has 0 saturated heterocycles. The Hall–Kier alpha value is -2.12. The number of hydrogen-bond donors (Lipinski definition) is 1. The minimum atomic E-state index is -0.559. The molecular formula is C19H21NO4S2. The SMILES string of the molecule is CSc1ccccc1NC(=O)COC(=O)CCC(=O)c1cc(C)sc1C. The molecule has 0 fully saturated rings. The normalized spacial score (nSPS) is 10.4. The molecule has 0 atom stereocenters. The Kier molecular flexibility index (Phi) is 7.41. The number of thiophene rings is 1. The van der Waals surface area contributed by atoms with E-state index in [0.717, 1.165) is 14.6 Å². The van der Waals surface area contributed by atoms with Gasteiger partial charge in [0.25, 0.3) is 5.91 Å². The number of carbonyl (C=O) groups is 3. The van der Waals surface area contributed by atoms with Crippen LogP contribution in [0.3, 0.4) is 0 Å². The fourth-order valence-corrected chi connectivity index (χ4v) is 3.91. The summed E-state index contributed by atoms with van der Waals surface area (Å²) in [4.78, 5) is 38.8. The molecule has 1 amide bonds. The highest BCUT2D eigenvalue weighted by Crippen LogP contribution is 2.24. The molecule has 0 radical (unpaired) electrons. The molecule has 138 valence electrons. The minimum Gasteiger partial charge on any atom is -0.456 e. The van der Waals surface area contributed by atoms with Crippen LogP contribution in [-0.2, 0) is 14.3 Å². The van der Waals surface area contributed by atoms with Crippen LogP contribution < -0.4 is 5.32 Å². The van der Waals surface area contributed by atoms with E-state index in [1.165, 1.54) is 11.8 Å². The standard InChI is InChI=1S/C19H21NO4S2/c1-12-10-14(13(2)26-12)16(21)8-9-19(23)24-11-18(22)20-15-6-4-5-7-17(15)25-3/h4-7,10H,8-9,11H2,1-3H3,(H,20,22). The number of Topliss-reactive ketones (excluding diaryl/α,β-unsaturated/α-hetero) is 1. The molecule has 5 nitrogen and oxygen atoms in total. The van der Waals surface area contributed by atoms with Crippen LogP contribution in [0.4, 0.5) is 5.69 Å². The first-order chi connectivity index (χ1) is 12.4. The lowest BCUT2D eigenvalue weighted by molar-refractivity contribution is -0.147. The number of ketones is 1. The third-order valence-corrected chi connectivity index (χ3v) is 5.40. The summed E-state index contributed by atoms with van der Waals surface area (Å²) < 4.78 is 4.96. The number of thioether (sulfide) groups is 1. The Morgan fingerprint density at radius 3 is 2.54 bits per heavy atom. The number of hydrogen-bond acceptors (Lipinski definition) is 6. The Morgan fingerprint density at radius 1 is 1.15 bits per heavy atom. The van der Waals surface area contributed by atoms with Crippen molar-refractivity contribution in [1.82, 2.24) is 0 Å². The molecule has 0 unspecified atom stereocenters. The topological polar surface area (TPSA) is 72.5 Å². The molecule has 2 aromatic rings. The molecule has 1 aromatic heterocycles. The maximum Gasteiger partial charge on any atom is 0.306 e. The van der Waals surface area contributed by atoms with E-state index in [0.29, 0.717) is 11.3 Å². The zero-order chi connectivity index (χ0) is 19.1. The average Bonchev–Trinajstić information content (AvgIpc) is 2.96. The van der Waals surface area contributed by atoms with E-state index in [2.05, 4.69) is 5.32 Å². The van der Waals surface area contributed by atoms with Gasteiger partial charge < -0.3 is 10.1 Å². The monoisotopic (exact) mass is 391 g/mol. The summed E-state index contributed by atoms with van der Waals surface area (Å²) >= 11 is 3.07. The Morgan fingerprint density at radius 2 is 1.88 bits per heavy atom. The number of amides is 1. The summed E-state index contributed by atoms with van der Waals surface area (Å²) in [5.41, 5.74) is 1.34. The van der Waals surface area contributed by atoms with Gasteiger partial charge in [-0.3, -0.25) is 14.4 Å². The highest BCUT2D eigenvalue weighted by molar-refractivity contribution is 7.98. The maximum atomic E-state index is 12.2. The zero-order valence-corrected chi connectivity index (χ0v) is 16.6. The Bertz CT molecular complexity index is 814. The van der Waals surface area contributed by atoms with Gasteiger partial charge in [0.05, 0.1) is 12.1 Å². The lowest BCUT2D eigenvalue weighted by Crippen LogP contribution is -2.21. The average molecular weight is 392 g/mol. The van der Waals surface area contributed by atoms with E-state index in [1.807, 2.05) is 44.4 Å². The lowest BCUT2D eigenvalue weighted by Gasteiger charge is -2.09. The van der Waals surface area contributed by atoms with Crippen molar-refractivity contribution in [3.63, 3.8) is 0 Å². The van der Waals surface area contributed by atoms with Gasteiger partial charge in [0, 0.05) is 26.6 Å². The number of para-hydroxylation sites is 1. The summed E-state index contributed by atoms with van der Waals surface area (Å²) in [6.45, 7) is 3.46. The molecular weight excluding hydrogens is 370 g/mol. The quantitative estimate of drug-likeness (QED) is 0.414. The largest absolute Gasteiger partial charge is 0.456 e. The molecule has 1 heterocycles. The molecule has 0 aliphatic carbocycles. The van der Waals surface area contributed by atoms with Crippen LogP contribution in [0.2, 0.25) is 0 Å². The highest BCUT2D eigenvalue weighted by atomic mass is 32.2. The van der Waals surface area contributed by atoms with Crippen molar-refractivity contribution in [3.8, 4) is 0 Å². The van der Waals surface area contributed by atoms with Crippen LogP contribution in [0.15, 0.2) is 35.2 Å². The van der Waals surface area contributed by atoms with E-state index in [4.69, 9.17) is 4.74 Å². The number of anilines is 1. The molecule has 1 N–H and O–H groups in total. The first-order valence-electron chi connectivity index (χ1n) is 8.09. The van der Waals surface area contributed by atoms with Crippen LogP contribution in [0.1, 0.15) is 33.0 Å². The van der Waals surface area contributed by atoms with Gasteiger partial charge in [-0.05, 0) is 38.3 Å². The van der Waals surface area contributed by atoms with Gasteiger partial charge in [0.2, 0.25) is 0 Å². The van der Waals surface area contributed by atoms with E-state index >= 15 is 0 Å². The number of carbonyl (C=O) groups excluding carboxylic acids is 3. The third kappa shape index (κ3) is 5.71. The van der Waals surface area contributed by atoms with Gasteiger partial charge in [0.15, 0.2) is 12.4 Å². The van der Waals surface area contributed by atoms with Gasteiger partial charge in [-0.25, -0.2) is 0 Å². The summed E-state index contributed by atoms with van der Waals surface area (Å²) in [6, 6.07) is 9.22. The van der Waals surface area contributed by atoms with Crippen molar-refractivity contribution in [3.05, 3.63) is 45.6 Å². The van der Waals surface area contributed by atoms with E-state index in [9.17, 15) is 14.4 Å². The van der Waals surface area contributed by atoms with Gasteiger partial charge in [0.1, 0.15) is 0 Å². The number of ether oxygens (including phenoxy) is 1. The van der Waals surface area contributed by atoms with E-state index in [-0.39, 0.29) is 25.2 Å². The second-order valence-electron chi connectivity index (χ2n) is 5.66. The first kappa shape index (κ1) is 20.2. The van der Waals surface area contributed by atoms with Crippen molar-refractivity contribution in [1.29, 1.82) is 0 Å². The highest BCUT2D eigenvalue weighted by Gasteiger charge is 2.15. The first-order valence-corrected chi connectivity index (χ1v) is 10.1. The zero-order valence-electron chi connectivity index (χ0n) is 15.0. The van der Waals surface area contributed by atoms with Gasteiger partial charge in [-0.2, -0.15) is 0 Å². The molecule has 0 aliphatic rings. The van der Waals surface area contributed by atoms with Crippen molar-refractivity contribution in [2.75, 3.05) is 18.2 Å². The predicted molar refractivity (Wildman–Crippen MR) is 105 cm³/mol. The Labute approximate surface area is 161 Å². The van der Waals surface area contributed by atoms with Crippen LogP contribution in [0.25, 0.3) is 0 Å². The second-order valence-corrected chi connectivity index (χ2v) is 7.97. The molecule has 0 bridgehead atoms. The summed E-state index contributed by atoms with van der Waals surface area (Å²) in [6.07, 6.45) is 1.95. The summed E-state index contributed by atoms with van der Waals surface area (Å²) in [5, 5.41) is 2.72. The fraction of sp³-hybridized carbons (Fsp3) is 0.316. The molecule has 7 heteroatoms. The number of esters is 1.